The minimum Gasteiger partial charge on any atom is -0.398 e. The van der Waals surface area contributed by atoms with E-state index in [2.05, 4.69) is 38.2 Å². The van der Waals surface area contributed by atoms with Crippen LogP contribution in [0.3, 0.4) is 0 Å². The van der Waals surface area contributed by atoms with Gasteiger partial charge in [0, 0.05) is 28.5 Å². The minimum atomic E-state index is 0.823. The van der Waals surface area contributed by atoms with Crippen molar-refractivity contribution in [3.8, 4) is 0 Å². The molecule has 0 fully saturated rings. The molecule has 2 nitrogen and oxygen atoms in total. The molecule has 0 unspecified atom stereocenters. The second kappa shape index (κ2) is 5.55. The molecule has 0 atom stereocenters. The molecule has 0 aliphatic rings. The SMILES string of the molecule is Cc1ccc(N)c(CNCc2cc(C)c(C)s2)c1. The summed E-state index contributed by atoms with van der Waals surface area (Å²) in [6.45, 7) is 8.15. The second-order valence-corrected chi connectivity index (χ2v) is 6.10. The van der Waals surface area contributed by atoms with Gasteiger partial charge < -0.3 is 11.1 Å². The summed E-state index contributed by atoms with van der Waals surface area (Å²) in [5.74, 6) is 0. The van der Waals surface area contributed by atoms with Crippen molar-refractivity contribution in [2.24, 2.45) is 0 Å². The number of nitrogen functional groups attached to an aromatic ring is 1. The summed E-state index contributed by atoms with van der Waals surface area (Å²) in [4.78, 5) is 2.79. The zero-order chi connectivity index (χ0) is 13.1. The highest BCUT2D eigenvalue weighted by atomic mass is 32.1. The molecule has 2 rings (SSSR count). The first-order valence-electron chi connectivity index (χ1n) is 6.18. The fraction of sp³-hybridized carbons (Fsp3) is 0.333. The third-order valence-corrected chi connectivity index (χ3v) is 4.28. The van der Waals surface area contributed by atoms with Crippen molar-refractivity contribution in [1.29, 1.82) is 0 Å². The first-order valence-corrected chi connectivity index (χ1v) is 6.99. The normalized spacial score (nSPS) is 10.8. The van der Waals surface area contributed by atoms with Crippen LogP contribution in [0.4, 0.5) is 5.69 Å². The van der Waals surface area contributed by atoms with Crippen LogP contribution in [0.25, 0.3) is 0 Å². The van der Waals surface area contributed by atoms with E-state index in [0.717, 1.165) is 18.8 Å². The number of nitrogens with one attached hydrogen (secondary N) is 1. The summed E-state index contributed by atoms with van der Waals surface area (Å²) in [6.07, 6.45) is 0. The van der Waals surface area contributed by atoms with Gasteiger partial charge in [0.1, 0.15) is 0 Å². The number of nitrogens with two attached hydrogens (primary N) is 1. The molecule has 0 aliphatic heterocycles. The molecule has 0 spiro atoms. The first kappa shape index (κ1) is 13.1. The topological polar surface area (TPSA) is 38.0 Å². The van der Waals surface area contributed by atoms with E-state index in [1.165, 1.54) is 26.4 Å². The number of hydrogen-bond acceptors (Lipinski definition) is 3. The van der Waals surface area contributed by atoms with E-state index in [4.69, 9.17) is 5.73 Å². The summed E-state index contributed by atoms with van der Waals surface area (Å²) in [7, 11) is 0. The summed E-state index contributed by atoms with van der Waals surface area (Å²) < 4.78 is 0. The predicted molar refractivity (Wildman–Crippen MR) is 79.9 cm³/mol. The van der Waals surface area contributed by atoms with Gasteiger partial charge >= 0.3 is 0 Å². The lowest BCUT2D eigenvalue weighted by molar-refractivity contribution is 0.701. The van der Waals surface area contributed by atoms with Crippen LogP contribution in [-0.2, 0) is 13.1 Å². The number of anilines is 1. The van der Waals surface area contributed by atoms with Crippen molar-refractivity contribution in [1.82, 2.24) is 5.32 Å². The second-order valence-electron chi connectivity index (χ2n) is 4.76. The van der Waals surface area contributed by atoms with E-state index < -0.39 is 0 Å². The standard InChI is InChI=1S/C15H20N2S/c1-10-4-5-15(16)13(6-10)8-17-9-14-7-11(2)12(3)18-14/h4-7,17H,8-9,16H2,1-3H3. The van der Waals surface area contributed by atoms with Gasteiger partial charge in [0.25, 0.3) is 0 Å². The van der Waals surface area contributed by atoms with Gasteiger partial charge in [-0.3, -0.25) is 0 Å². The van der Waals surface area contributed by atoms with Gasteiger partial charge in [-0.05, 0) is 44.0 Å². The van der Waals surface area contributed by atoms with Crippen molar-refractivity contribution >= 4 is 17.0 Å². The van der Waals surface area contributed by atoms with E-state index in [9.17, 15) is 0 Å². The Balaban J connectivity index is 1.94. The number of hydrogen-bond donors (Lipinski definition) is 2. The highest BCUT2D eigenvalue weighted by Gasteiger charge is 2.02. The molecule has 0 amide bonds. The van der Waals surface area contributed by atoms with Gasteiger partial charge in [0.15, 0.2) is 0 Å². The molecule has 1 aromatic heterocycles. The maximum absolute atomic E-state index is 5.96. The average Bonchev–Trinajstić information content (AvgIpc) is 2.63. The lowest BCUT2D eigenvalue weighted by Gasteiger charge is -2.07. The van der Waals surface area contributed by atoms with Crippen LogP contribution >= 0.6 is 11.3 Å². The Morgan fingerprint density at radius 1 is 1.11 bits per heavy atom. The van der Waals surface area contributed by atoms with Crippen LogP contribution < -0.4 is 11.1 Å². The van der Waals surface area contributed by atoms with Crippen molar-refractivity contribution in [2.75, 3.05) is 5.73 Å². The molecule has 0 aliphatic carbocycles. The van der Waals surface area contributed by atoms with Gasteiger partial charge in [-0.1, -0.05) is 17.7 Å². The molecule has 1 aromatic carbocycles. The quantitative estimate of drug-likeness (QED) is 0.825. The lowest BCUT2D eigenvalue weighted by atomic mass is 10.1. The van der Waals surface area contributed by atoms with E-state index in [1.807, 2.05) is 23.5 Å². The Hall–Kier alpha value is -1.32. The Morgan fingerprint density at radius 3 is 2.56 bits per heavy atom. The fourth-order valence-electron chi connectivity index (χ4n) is 1.94. The molecular formula is C15H20N2S. The third-order valence-electron chi connectivity index (χ3n) is 3.13. The zero-order valence-corrected chi connectivity index (χ0v) is 12.0. The monoisotopic (exact) mass is 260 g/mol. The summed E-state index contributed by atoms with van der Waals surface area (Å²) in [5, 5.41) is 3.46. The lowest BCUT2D eigenvalue weighted by Crippen LogP contribution is -2.13. The molecule has 0 radical (unpaired) electrons. The fourth-order valence-corrected chi connectivity index (χ4v) is 2.97. The molecule has 3 heteroatoms. The number of aryl methyl sites for hydroxylation is 3. The molecule has 18 heavy (non-hydrogen) atoms. The Morgan fingerprint density at radius 2 is 1.89 bits per heavy atom. The summed E-state index contributed by atoms with van der Waals surface area (Å²) in [5.41, 5.74) is 10.6. The van der Waals surface area contributed by atoms with Gasteiger partial charge in [0.05, 0.1) is 0 Å². The molecule has 2 aromatic rings. The third kappa shape index (κ3) is 3.12. The van der Waals surface area contributed by atoms with Crippen LogP contribution in [0.1, 0.15) is 26.4 Å². The Kier molecular flexibility index (Phi) is 4.04. The Bertz CT molecular complexity index is 524. The molecule has 1 heterocycles. The van der Waals surface area contributed by atoms with Crippen LogP contribution in [0.15, 0.2) is 24.3 Å². The van der Waals surface area contributed by atoms with E-state index in [1.54, 1.807) is 0 Å². The highest BCUT2D eigenvalue weighted by molar-refractivity contribution is 7.12. The van der Waals surface area contributed by atoms with Crippen molar-refractivity contribution in [2.45, 2.75) is 33.9 Å². The van der Waals surface area contributed by atoms with Gasteiger partial charge in [0.2, 0.25) is 0 Å². The Labute approximate surface area is 113 Å². The van der Waals surface area contributed by atoms with Crippen molar-refractivity contribution in [3.63, 3.8) is 0 Å². The molecule has 96 valence electrons. The van der Waals surface area contributed by atoms with E-state index in [0.29, 0.717) is 0 Å². The smallest absolute Gasteiger partial charge is 0.0359 e. The number of thiophene rings is 1. The average molecular weight is 260 g/mol. The van der Waals surface area contributed by atoms with Crippen LogP contribution in [0, 0.1) is 20.8 Å². The zero-order valence-electron chi connectivity index (χ0n) is 11.2. The molecule has 0 saturated carbocycles. The van der Waals surface area contributed by atoms with Gasteiger partial charge in [-0.15, -0.1) is 11.3 Å². The molecule has 3 N–H and O–H groups in total. The van der Waals surface area contributed by atoms with Crippen LogP contribution in [0.2, 0.25) is 0 Å². The van der Waals surface area contributed by atoms with Crippen molar-refractivity contribution in [3.05, 3.63) is 50.7 Å². The minimum absolute atomic E-state index is 0.823. The van der Waals surface area contributed by atoms with Crippen LogP contribution in [0.5, 0.6) is 0 Å². The van der Waals surface area contributed by atoms with Crippen LogP contribution in [-0.4, -0.2) is 0 Å². The number of benzene rings is 1. The van der Waals surface area contributed by atoms with E-state index in [-0.39, 0.29) is 0 Å². The summed E-state index contributed by atoms with van der Waals surface area (Å²) in [6, 6.07) is 8.43. The highest BCUT2D eigenvalue weighted by Crippen LogP contribution is 2.20. The van der Waals surface area contributed by atoms with Gasteiger partial charge in [-0.2, -0.15) is 0 Å². The summed E-state index contributed by atoms with van der Waals surface area (Å²) >= 11 is 1.86. The number of rotatable bonds is 4. The van der Waals surface area contributed by atoms with Gasteiger partial charge in [-0.25, -0.2) is 0 Å². The van der Waals surface area contributed by atoms with Crippen molar-refractivity contribution < 1.29 is 0 Å². The first-order chi connectivity index (χ1) is 8.56. The molecule has 0 saturated heterocycles. The maximum atomic E-state index is 5.96. The predicted octanol–water partition coefficient (Wildman–Crippen LogP) is 3.55. The molecular weight excluding hydrogens is 240 g/mol. The maximum Gasteiger partial charge on any atom is 0.0359 e. The molecule has 0 bridgehead atoms. The largest absolute Gasteiger partial charge is 0.398 e. The van der Waals surface area contributed by atoms with E-state index >= 15 is 0 Å².